The van der Waals surface area contributed by atoms with Crippen LogP contribution >= 0.6 is 0 Å². The fourth-order valence-corrected chi connectivity index (χ4v) is 3.03. The van der Waals surface area contributed by atoms with Gasteiger partial charge in [-0.1, -0.05) is 12.1 Å². The topological polar surface area (TPSA) is 52.5 Å². The van der Waals surface area contributed by atoms with Gasteiger partial charge >= 0.3 is 0 Å². The molecular weight excluding hydrogens is 328 g/mol. The summed E-state index contributed by atoms with van der Waals surface area (Å²) in [6, 6.07) is 13.6. The van der Waals surface area contributed by atoms with E-state index in [1.807, 2.05) is 62.6 Å². The molecule has 0 saturated carbocycles. The molecule has 0 aliphatic carbocycles. The minimum Gasteiger partial charge on any atom is -0.497 e. The van der Waals surface area contributed by atoms with Crippen LogP contribution in [0.4, 0.5) is 0 Å². The lowest BCUT2D eigenvalue weighted by atomic mass is 10.1. The van der Waals surface area contributed by atoms with Crippen LogP contribution in [0.15, 0.2) is 48.7 Å². The Labute approximate surface area is 153 Å². The predicted octanol–water partition coefficient (Wildman–Crippen LogP) is 3.44. The maximum Gasteiger partial charge on any atom is 0.224 e. The Hall–Kier alpha value is -2.95. The van der Waals surface area contributed by atoms with Crippen molar-refractivity contribution in [3.05, 3.63) is 59.8 Å². The molecule has 0 bridgehead atoms. The second-order valence-electron chi connectivity index (χ2n) is 6.18. The lowest BCUT2D eigenvalue weighted by Gasteiger charge is -2.07. The van der Waals surface area contributed by atoms with Gasteiger partial charge in [0.15, 0.2) is 0 Å². The van der Waals surface area contributed by atoms with Crippen molar-refractivity contribution in [2.45, 2.75) is 19.9 Å². The van der Waals surface area contributed by atoms with Gasteiger partial charge < -0.3 is 19.4 Å². The number of aryl methyl sites for hydroxylation is 1. The fourth-order valence-electron chi connectivity index (χ4n) is 3.03. The fraction of sp³-hybridized carbons (Fsp3) is 0.286. The summed E-state index contributed by atoms with van der Waals surface area (Å²) in [5, 5.41) is 4.10. The van der Waals surface area contributed by atoms with Gasteiger partial charge in [0.05, 0.1) is 20.1 Å². The number of carbonyl (C=O) groups excluding carboxylic acids is 1. The molecule has 0 aliphatic heterocycles. The van der Waals surface area contributed by atoms with E-state index in [1.54, 1.807) is 7.11 Å². The zero-order valence-electron chi connectivity index (χ0n) is 15.4. The van der Waals surface area contributed by atoms with Crippen LogP contribution in [0.2, 0.25) is 0 Å². The van der Waals surface area contributed by atoms with E-state index in [2.05, 4.69) is 9.88 Å². The number of amides is 1. The lowest BCUT2D eigenvalue weighted by molar-refractivity contribution is -0.120. The van der Waals surface area contributed by atoms with Crippen LogP contribution in [0.3, 0.4) is 0 Å². The molecule has 2 aromatic carbocycles. The highest BCUT2D eigenvalue weighted by molar-refractivity contribution is 5.86. The molecule has 1 amide bonds. The molecule has 0 atom stereocenters. The van der Waals surface area contributed by atoms with Gasteiger partial charge in [-0.15, -0.1) is 0 Å². The van der Waals surface area contributed by atoms with Crippen molar-refractivity contribution < 1.29 is 14.3 Å². The Kier molecular flexibility index (Phi) is 5.46. The summed E-state index contributed by atoms with van der Waals surface area (Å²) < 4.78 is 12.8. The first-order valence-corrected chi connectivity index (χ1v) is 8.71. The molecular formula is C21H24N2O3. The molecule has 3 rings (SSSR count). The summed E-state index contributed by atoms with van der Waals surface area (Å²) in [5.74, 6) is 1.63. The Morgan fingerprint density at radius 1 is 1.12 bits per heavy atom. The smallest absolute Gasteiger partial charge is 0.224 e. The molecule has 0 radical (unpaired) electrons. The normalized spacial score (nSPS) is 10.7. The number of carbonyl (C=O) groups is 1. The summed E-state index contributed by atoms with van der Waals surface area (Å²) in [6.45, 7) is 3.07. The Morgan fingerprint density at radius 2 is 1.85 bits per heavy atom. The van der Waals surface area contributed by atoms with E-state index in [0.717, 1.165) is 33.5 Å². The zero-order chi connectivity index (χ0) is 18.5. The van der Waals surface area contributed by atoms with Gasteiger partial charge in [-0.25, -0.2) is 0 Å². The largest absolute Gasteiger partial charge is 0.497 e. The Morgan fingerprint density at radius 3 is 2.54 bits per heavy atom. The number of aromatic nitrogens is 1. The molecule has 5 heteroatoms. The molecule has 1 aromatic heterocycles. The lowest BCUT2D eigenvalue weighted by Crippen LogP contribution is -2.24. The van der Waals surface area contributed by atoms with E-state index >= 15 is 0 Å². The van der Waals surface area contributed by atoms with Crippen molar-refractivity contribution in [2.24, 2.45) is 7.05 Å². The first kappa shape index (κ1) is 17.9. The third kappa shape index (κ3) is 3.99. The number of methoxy groups -OCH3 is 1. The van der Waals surface area contributed by atoms with Crippen LogP contribution in [0.1, 0.15) is 18.1 Å². The highest BCUT2D eigenvalue weighted by Gasteiger charge is 2.10. The number of fused-ring (bicyclic) bond motifs is 1. The van der Waals surface area contributed by atoms with E-state index in [9.17, 15) is 4.79 Å². The summed E-state index contributed by atoms with van der Waals surface area (Å²) in [4.78, 5) is 12.3. The summed E-state index contributed by atoms with van der Waals surface area (Å²) in [5.41, 5.74) is 3.15. The maximum absolute atomic E-state index is 12.3. The Bertz CT molecular complexity index is 898. The van der Waals surface area contributed by atoms with Crippen molar-refractivity contribution >= 4 is 16.8 Å². The van der Waals surface area contributed by atoms with Gasteiger partial charge in [0.2, 0.25) is 5.91 Å². The molecule has 0 unspecified atom stereocenters. The van der Waals surface area contributed by atoms with Crippen LogP contribution in [-0.4, -0.2) is 24.2 Å². The van der Waals surface area contributed by atoms with Crippen LogP contribution in [0.5, 0.6) is 11.5 Å². The van der Waals surface area contributed by atoms with E-state index in [-0.39, 0.29) is 5.91 Å². The highest BCUT2D eigenvalue weighted by atomic mass is 16.5. The van der Waals surface area contributed by atoms with Crippen molar-refractivity contribution in [1.82, 2.24) is 9.88 Å². The number of hydrogen-bond donors (Lipinski definition) is 1. The molecule has 136 valence electrons. The molecule has 3 aromatic rings. The first-order chi connectivity index (χ1) is 12.6. The van der Waals surface area contributed by atoms with Crippen molar-refractivity contribution in [1.29, 1.82) is 0 Å². The van der Waals surface area contributed by atoms with Gasteiger partial charge in [0, 0.05) is 30.7 Å². The molecule has 1 N–H and O–H groups in total. The van der Waals surface area contributed by atoms with Gasteiger partial charge in [-0.2, -0.15) is 0 Å². The summed E-state index contributed by atoms with van der Waals surface area (Å²) >= 11 is 0. The van der Waals surface area contributed by atoms with Gasteiger partial charge in [0.25, 0.3) is 0 Å². The molecule has 0 saturated heterocycles. The van der Waals surface area contributed by atoms with E-state index in [4.69, 9.17) is 9.47 Å². The van der Waals surface area contributed by atoms with Crippen LogP contribution in [0.25, 0.3) is 10.9 Å². The number of benzene rings is 2. The second kappa shape index (κ2) is 7.95. The third-order valence-corrected chi connectivity index (χ3v) is 4.35. The first-order valence-electron chi connectivity index (χ1n) is 8.71. The number of ether oxygens (including phenoxy) is 2. The SMILES string of the molecule is CCOc1ccc(CC(=O)NCc2cn(C)c3ccc(OC)cc23)cc1. The minimum atomic E-state index is -0.00550. The average molecular weight is 352 g/mol. The van der Waals surface area contributed by atoms with E-state index in [0.29, 0.717) is 19.6 Å². The number of hydrogen-bond acceptors (Lipinski definition) is 3. The number of nitrogens with one attached hydrogen (secondary N) is 1. The van der Waals surface area contributed by atoms with Gasteiger partial charge in [0.1, 0.15) is 11.5 Å². The molecule has 26 heavy (non-hydrogen) atoms. The number of rotatable bonds is 7. The van der Waals surface area contributed by atoms with Gasteiger partial charge in [-0.05, 0) is 48.4 Å². The molecule has 0 fully saturated rings. The third-order valence-electron chi connectivity index (χ3n) is 4.35. The van der Waals surface area contributed by atoms with E-state index in [1.165, 1.54) is 0 Å². The highest BCUT2D eigenvalue weighted by Crippen LogP contribution is 2.25. The second-order valence-corrected chi connectivity index (χ2v) is 6.18. The molecule has 0 spiro atoms. The number of nitrogens with zero attached hydrogens (tertiary/aromatic N) is 1. The van der Waals surface area contributed by atoms with Crippen molar-refractivity contribution in [3.8, 4) is 11.5 Å². The van der Waals surface area contributed by atoms with Crippen LogP contribution < -0.4 is 14.8 Å². The standard InChI is InChI=1S/C21H24N2O3/c1-4-26-17-7-5-15(6-8-17)11-21(24)22-13-16-14-23(2)20-10-9-18(25-3)12-19(16)20/h5-10,12,14H,4,11,13H2,1-3H3,(H,22,24). The molecule has 1 heterocycles. The molecule has 0 aliphatic rings. The van der Waals surface area contributed by atoms with Crippen LogP contribution in [0, 0.1) is 0 Å². The maximum atomic E-state index is 12.3. The molecule has 5 nitrogen and oxygen atoms in total. The predicted molar refractivity (Wildman–Crippen MR) is 103 cm³/mol. The summed E-state index contributed by atoms with van der Waals surface area (Å²) in [6.07, 6.45) is 2.39. The average Bonchev–Trinajstić information content (AvgIpc) is 2.97. The zero-order valence-corrected chi connectivity index (χ0v) is 15.4. The van der Waals surface area contributed by atoms with Crippen LogP contribution in [-0.2, 0) is 24.8 Å². The summed E-state index contributed by atoms with van der Waals surface area (Å²) in [7, 11) is 3.66. The quantitative estimate of drug-likeness (QED) is 0.709. The van der Waals surface area contributed by atoms with Gasteiger partial charge in [-0.3, -0.25) is 4.79 Å². The Balaban J connectivity index is 1.65. The van der Waals surface area contributed by atoms with Crippen molar-refractivity contribution in [3.63, 3.8) is 0 Å². The monoisotopic (exact) mass is 352 g/mol. The minimum absolute atomic E-state index is 0.00550. The van der Waals surface area contributed by atoms with E-state index < -0.39 is 0 Å². The van der Waals surface area contributed by atoms with Crippen molar-refractivity contribution in [2.75, 3.05) is 13.7 Å².